The lowest BCUT2D eigenvalue weighted by Gasteiger charge is -2.13. The summed E-state index contributed by atoms with van der Waals surface area (Å²) in [6.45, 7) is 1.58. The molecule has 2 aromatic heterocycles. The highest BCUT2D eigenvalue weighted by atomic mass is 35.5. The van der Waals surface area contributed by atoms with E-state index in [1.165, 1.54) is 32.4 Å². The molecule has 6 nitrogen and oxygen atoms in total. The number of hydrogen-bond donors (Lipinski definition) is 1. The number of benzene rings is 1. The van der Waals surface area contributed by atoms with Gasteiger partial charge >= 0.3 is 0 Å². The number of methoxy groups -OCH3 is 1. The molecule has 0 aliphatic heterocycles. The number of nitrogens with one attached hydrogen (secondary N) is 1. The normalized spacial score (nSPS) is 10.7. The van der Waals surface area contributed by atoms with Gasteiger partial charge in [-0.25, -0.2) is 14.4 Å². The summed E-state index contributed by atoms with van der Waals surface area (Å²) in [5.41, 5.74) is -0.00612. The molecule has 0 aliphatic carbocycles. The summed E-state index contributed by atoms with van der Waals surface area (Å²) in [7, 11) is 1.30. The van der Waals surface area contributed by atoms with E-state index in [1.807, 2.05) is 0 Å². The van der Waals surface area contributed by atoms with Gasteiger partial charge in [-0.15, -0.1) is 0 Å². The summed E-state index contributed by atoms with van der Waals surface area (Å²) in [5, 5.41) is 3.12. The van der Waals surface area contributed by atoms with Gasteiger partial charge in [-0.05, 0) is 24.3 Å². The van der Waals surface area contributed by atoms with Gasteiger partial charge in [0.2, 0.25) is 0 Å². The largest absolute Gasteiger partial charge is 0.492 e. The van der Waals surface area contributed by atoms with E-state index in [-0.39, 0.29) is 51.0 Å². The van der Waals surface area contributed by atoms with E-state index in [0.29, 0.717) is 5.76 Å². The number of ketones is 1. The molecule has 0 amide bonds. The Bertz CT molecular complexity index is 994. The Morgan fingerprint density at radius 1 is 1.30 bits per heavy atom. The topological polar surface area (TPSA) is 77.2 Å². The third-order valence-electron chi connectivity index (χ3n) is 3.69. The first-order chi connectivity index (χ1) is 12.9. The molecule has 140 valence electrons. The number of rotatable bonds is 6. The van der Waals surface area contributed by atoms with Gasteiger partial charge in [-0.3, -0.25) is 4.79 Å². The summed E-state index contributed by atoms with van der Waals surface area (Å²) >= 11 is 12.2. The molecule has 27 heavy (non-hydrogen) atoms. The van der Waals surface area contributed by atoms with Crippen LogP contribution in [-0.4, -0.2) is 22.9 Å². The zero-order valence-electron chi connectivity index (χ0n) is 14.3. The van der Waals surface area contributed by atoms with Gasteiger partial charge in [0, 0.05) is 6.92 Å². The highest BCUT2D eigenvalue weighted by Crippen LogP contribution is 2.35. The summed E-state index contributed by atoms with van der Waals surface area (Å²) in [6, 6.07) is 6.36. The predicted molar refractivity (Wildman–Crippen MR) is 100 cm³/mol. The van der Waals surface area contributed by atoms with Crippen molar-refractivity contribution in [1.82, 2.24) is 9.97 Å². The summed E-state index contributed by atoms with van der Waals surface area (Å²) in [5.74, 6) is -0.474. The van der Waals surface area contributed by atoms with Crippen LogP contribution in [0.5, 0.6) is 5.75 Å². The fraction of sp³-hybridized carbons (Fsp3) is 0.167. The molecular weight excluding hydrogens is 396 g/mol. The number of furan rings is 1. The molecule has 0 bridgehead atoms. The van der Waals surface area contributed by atoms with Crippen molar-refractivity contribution >= 4 is 34.8 Å². The Labute approximate surface area is 164 Å². The van der Waals surface area contributed by atoms with Crippen molar-refractivity contribution in [3.63, 3.8) is 0 Å². The number of aromatic nitrogens is 2. The predicted octanol–water partition coefficient (Wildman–Crippen LogP) is 5.01. The number of carbonyl (C=O) groups excluding carboxylic acids is 1. The second kappa shape index (κ2) is 7.94. The SMILES string of the molecule is COc1c(Cl)ccc(-c2nc(NCc3ccco3)c(Cl)c(C(C)=O)n2)c1F. The standard InChI is InChI=1S/C18H14Cl2FN3O3/c1-9(25)15-13(20)18(22-8-10-4-3-7-27-10)24-17(23-15)11-5-6-12(19)16(26-2)14(11)21/h3-7H,8H2,1-2H3,(H,22,23,24). The highest BCUT2D eigenvalue weighted by molar-refractivity contribution is 6.35. The van der Waals surface area contributed by atoms with E-state index in [1.54, 1.807) is 12.1 Å². The minimum atomic E-state index is -0.737. The van der Waals surface area contributed by atoms with E-state index < -0.39 is 5.82 Å². The van der Waals surface area contributed by atoms with Crippen molar-refractivity contribution in [3.8, 4) is 17.1 Å². The van der Waals surface area contributed by atoms with Crippen molar-refractivity contribution in [2.24, 2.45) is 0 Å². The first kappa shape index (κ1) is 19.1. The van der Waals surface area contributed by atoms with E-state index in [9.17, 15) is 9.18 Å². The lowest BCUT2D eigenvalue weighted by Crippen LogP contribution is -2.09. The van der Waals surface area contributed by atoms with Gasteiger partial charge in [0.05, 0.1) is 30.5 Å². The molecule has 0 fully saturated rings. The molecule has 0 saturated carbocycles. The first-order valence-electron chi connectivity index (χ1n) is 7.79. The molecule has 0 saturated heterocycles. The Morgan fingerprint density at radius 3 is 2.70 bits per heavy atom. The number of ether oxygens (including phenoxy) is 1. The van der Waals surface area contributed by atoms with Gasteiger partial charge in [0.15, 0.2) is 23.2 Å². The van der Waals surface area contributed by atoms with Gasteiger partial charge in [-0.2, -0.15) is 0 Å². The monoisotopic (exact) mass is 409 g/mol. The number of carbonyl (C=O) groups is 1. The molecule has 0 spiro atoms. The quantitative estimate of drug-likeness (QED) is 0.576. The average molecular weight is 410 g/mol. The van der Waals surface area contributed by atoms with E-state index in [4.69, 9.17) is 32.4 Å². The van der Waals surface area contributed by atoms with Gasteiger partial charge < -0.3 is 14.5 Å². The van der Waals surface area contributed by atoms with Crippen LogP contribution in [0, 0.1) is 5.82 Å². The number of hydrogen-bond acceptors (Lipinski definition) is 6. The van der Waals surface area contributed by atoms with Crippen molar-refractivity contribution in [2.45, 2.75) is 13.5 Å². The zero-order chi connectivity index (χ0) is 19.6. The number of halogens is 3. The molecule has 3 aromatic rings. The fourth-order valence-electron chi connectivity index (χ4n) is 2.39. The number of nitrogens with zero attached hydrogens (tertiary/aromatic N) is 2. The van der Waals surface area contributed by atoms with Crippen LogP contribution in [0.25, 0.3) is 11.4 Å². The van der Waals surface area contributed by atoms with Crippen LogP contribution in [0.15, 0.2) is 34.9 Å². The Balaban J connectivity index is 2.09. The van der Waals surface area contributed by atoms with Gasteiger partial charge in [0.1, 0.15) is 22.3 Å². The molecule has 0 aliphatic rings. The zero-order valence-corrected chi connectivity index (χ0v) is 15.9. The van der Waals surface area contributed by atoms with Crippen LogP contribution >= 0.6 is 23.2 Å². The summed E-state index contributed by atoms with van der Waals surface area (Å²) in [6.07, 6.45) is 1.53. The lowest BCUT2D eigenvalue weighted by molar-refractivity contribution is 0.101. The smallest absolute Gasteiger partial charge is 0.179 e. The van der Waals surface area contributed by atoms with E-state index >= 15 is 0 Å². The molecule has 0 atom stereocenters. The Hall–Kier alpha value is -2.64. The number of anilines is 1. The van der Waals surface area contributed by atoms with Gasteiger partial charge in [0.25, 0.3) is 0 Å². The minimum absolute atomic E-state index is 0.0245. The van der Waals surface area contributed by atoms with Crippen LogP contribution in [0.1, 0.15) is 23.2 Å². The van der Waals surface area contributed by atoms with Gasteiger partial charge in [-0.1, -0.05) is 23.2 Å². The third-order valence-corrected chi connectivity index (χ3v) is 4.34. The van der Waals surface area contributed by atoms with Crippen molar-refractivity contribution in [1.29, 1.82) is 0 Å². The highest BCUT2D eigenvalue weighted by Gasteiger charge is 2.21. The number of Topliss-reactive ketones (excluding diaryl/α,β-unsaturated/α-hetero) is 1. The second-order valence-electron chi connectivity index (χ2n) is 5.49. The van der Waals surface area contributed by atoms with Crippen LogP contribution in [0.3, 0.4) is 0 Å². The second-order valence-corrected chi connectivity index (χ2v) is 6.27. The van der Waals surface area contributed by atoms with E-state index in [2.05, 4.69) is 15.3 Å². The average Bonchev–Trinajstić information content (AvgIpc) is 3.15. The van der Waals surface area contributed by atoms with Crippen molar-refractivity contribution in [2.75, 3.05) is 12.4 Å². The van der Waals surface area contributed by atoms with Crippen LogP contribution in [0.4, 0.5) is 10.2 Å². The fourth-order valence-corrected chi connectivity index (χ4v) is 2.90. The molecular formula is C18H14Cl2FN3O3. The maximum Gasteiger partial charge on any atom is 0.179 e. The molecule has 9 heteroatoms. The molecule has 2 heterocycles. The maximum atomic E-state index is 14.8. The summed E-state index contributed by atoms with van der Waals surface area (Å²) in [4.78, 5) is 20.3. The molecule has 0 unspecified atom stereocenters. The molecule has 1 N–H and O–H groups in total. The Morgan fingerprint density at radius 2 is 2.07 bits per heavy atom. The minimum Gasteiger partial charge on any atom is -0.492 e. The summed E-state index contributed by atoms with van der Waals surface area (Å²) < 4.78 is 25.0. The molecule has 3 rings (SSSR count). The maximum absolute atomic E-state index is 14.8. The van der Waals surface area contributed by atoms with E-state index in [0.717, 1.165) is 0 Å². The first-order valence-corrected chi connectivity index (χ1v) is 8.55. The lowest BCUT2D eigenvalue weighted by atomic mass is 10.1. The van der Waals surface area contributed by atoms with Crippen molar-refractivity contribution in [3.05, 3.63) is 57.8 Å². The van der Waals surface area contributed by atoms with Crippen LogP contribution in [0.2, 0.25) is 10.0 Å². The van der Waals surface area contributed by atoms with Crippen molar-refractivity contribution < 1.29 is 18.3 Å². The molecule has 0 radical (unpaired) electrons. The van der Waals surface area contributed by atoms with Crippen LogP contribution < -0.4 is 10.1 Å². The third kappa shape index (κ3) is 3.89. The molecule has 1 aromatic carbocycles. The van der Waals surface area contributed by atoms with Crippen LogP contribution in [-0.2, 0) is 6.54 Å². The Kier molecular flexibility index (Phi) is 5.62.